The molecule has 0 bridgehead atoms. The largest absolute Gasteiger partial charge is 0.461 e. The molecule has 0 radical (unpaired) electrons. The van der Waals surface area contributed by atoms with Crippen LogP contribution < -0.4 is 0 Å². The van der Waals surface area contributed by atoms with E-state index in [9.17, 15) is 4.79 Å². The van der Waals surface area contributed by atoms with Gasteiger partial charge in [-0.05, 0) is 33.1 Å². The molecule has 0 atom stereocenters. The van der Waals surface area contributed by atoms with Gasteiger partial charge in [-0.15, -0.1) is 0 Å². The molecule has 0 N–H and O–H groups in total. The number of ether oxygens (including phenoxy) is 1. The molecule has 0 aromatic carbocycles. The molecule has 11 heavy (non-hydrogen) atoms. The fraction of sp³-hybridized carbons (Fsp3) is 0.500. The Balaban J connectivity index is 4.40. The minimum Gasteiger partial charge on any atom is -0.461 e. The Morgan fingerprint density at radius 3 is 2.36 bits per heavy atom. The predicted molar refractivity (Wildman–Crippen MR) is 44.6 cm³/mol. The summed E-state index contributed by atoms with van der Waals surface area (Å²) in [5.74, 6) is -0.400. The average Bonchev–Trinajstić information content (AvgIpc) is 1.88. The lowest BCUT2D eigenvalue weighted by Crippen LogP contribution is -2.06. The molecule has 0 aliphatic heterocycles. The zero-order chi connectivity index (χ0) is 8.85. The van der Waals surface area contributed by atoms with Gasteiger partial charge in [0.1, 0.15) is 5.70 Å². The van der Waals surface area contributed by atoms with E-state index in [1.54, 1.807) is 20.8 Å². The monoisotopic (exact) mass is 155 g/mol. The fourth-order valence-corrected chi connectivity index (χ4v) is 0.626. The van der Waals surface area contributed by atoms with Gasteiger partial charge in [0.25, 0.3) is 0 Å². The number of rotatable bonds is 3. The third-order valence-corrected chi connectivity index (χ3v) is 1.10. The maximum Gasteiger partial charge on any atom is 0.356 e. The van der Waals surface area contributed by atoms with Gasteiger partial charge >= 0.3 is 5.97 Å². The van der Waals surface area contributed by atoms with Crippen LogP contribution >= 0.6 is 0 Å². The minimum atomic E-state index is -0.400. The van der Waals surface area contributed by atoms with Crippen molar-refractivity contribution in [2.45, 2.75) is 20.8 Å². The average molecular weight is 155 g/mol. The SMILES string of the molecule is C=NC(C(=O)OCC)=C(C)C. The lowest BCUT2D eigenvalue weighted by Gasteiger charge is -2.02. The van der Waals surface area contributed by atoms with Crippen LogP contribution in [-0.2, 0) is 9.53 Å². The summed E-state index contributed by atoms with van der Waals surface area (Å²) in [6.45, 7) is 8.98. The maximum absolute atomic E-state index is 11.0. The van der Waals surface area contributed by atoms with E-state index in [1.165, 1.54) is 0 Å². The van der Waals surface area contributed by atoms with Gasteiger partial charge in [0, 0.05) is 0 Å². The zero-order valence-electron chi connectivity index (χ0n) is 7.18. The van der Waals surface area contributed by atoms with Crippen molar-refractivity contribution in [1.29, 1.82) is 0 Å². The van der Waals surface area contributed by atoms with Gasteiger partial charge in [0.15, 0.2) is 0 Å². The van der Waals surface area contributed by atoms with Crippen LogP contribution in [0.1, 0.15) is 20.8 Å². The Labute approximate surface area is 66.8 Å². The van der Waals surface area contributed by atoms with Crippen molar-refractivity contribution < 1.29 is 9.53 Å². The van der Waals surface area contributed by atoms with E-state index in [1.807, 2.05) is 0 Å². The van der Waals surface area contributed by atoms with Crippen molar-refractivity contribution in [1.82, 2.24) is 0 Å². The molecule has 0 spiro atoms. The zero-order valence-corrected chi connectivity index (χ0v) is 7.18. The molecule has 0 rings (SSSR count). The maximum atomic E-state index is 11.0. The number of aliphatic imine (C=N–C) groups is 1. The van der Waals surface area contributed by atoms with Crippen molar-refractivity contribution in [2.24, 2.45) is 4.99 Å². The van der Waals surface area contributed by atoms with Crippen molar-refractivity contribution in [3.8, 4) is 0 Å². The lowest BCUT2D eigenvalue weighted by atomic mass is 10.2. The van der Waals surface area contributed by atoms with Gasteiger partial charge in [0.05, 0.1) is 6.61 Å². The molecule has 0 aromatic rings. The van der Waals surface area contributed by atoms with Gasteiger partial charge in [-0.2, -0.15) is 0 Å². The van der Waals surface area contributed by atoms with E-state index in [2.05, 4.69) is 11.7 Å². The molecule has 0 aliphatic carbocycles. The topological polar surface area (TPSA) is 38.7 Å². The number of nitrogens with zero attached hydrogens (tertiary/aromatic N) is 1. The first kappa shape index (κ1) is 9.88. The second-order valence-electron chi connectivity index (χ2n) is 2.23. The summed E-state index contributed by atoms with van der Waals surface area (Å²) >= 11 is 0. The Morgan fingerprint density at radius 1 is 1.55 bits per heavy atom. The number of carbonyl (C=O) groups is 1. The molecule has 0 saturated carbocycles. The van der Waals surface area contributed by atoms with Crippen LogP contribution in [0.15, 0.2) is 16.3 Å². The molecule has 0 aliphatic rings. The summed E-state index contributed by atoms with van der Waals surface area (Å²) in [6, 6.07) is 0. The van der Waals surface area contributed by atoms with E-state index in [0.717, 1.165) is 5.57 Å². The highest BCUT2D eigenvalue weighted by Gasteiger charge is 2.08. The molecular weight excluding hydrogens is 142 g/mol. The molecule has 3 heteroatoms. The minimum absolute atomic E-state index is 0.312. The van der Waals surface area contributed by atoms with E-state index in [-0.39, 0.29) is 0 Å². The number of hydrogen-bond acceptors (Lipinski definition) is 3. The van der Waals surface area contributed by atoms with E-state index >= 15 is 0 Å². The summed E-state index contributed by atoms with van der Waals surface area (Å²) in [4.78, 5) is 14.6. The highest BCUT2D eigenvalue weighted by atomic mass is 16.5. The van der Waals surface area contributed by atoms with Gasteiger partial charge in [-0.25, -0.2) is 4.79 Å². The number of hydrogen-bond donors (Lipinski definition) is 0. The summed E-state index contributed by atoms with van der Waals surface area (Å²) < 4.78 is 4.73. The van der Waals surface area contributed by atoms with Gasteiger partial charge in [0.2, 0.25) is 0 Å². The Hall–Kier alpha value is -1.12. The van der Waals surface area contributed by atoms with E-state index in [4.69, 9.17) is 4.74 Å². The molecule has 3 nitrogen and oxygen atoms in total. The van der Waals surface area contributed by atoms with Crippen LogP contribution in [0.4, 0.5) is 0 Å². The molecule has 0 aromatic heterocycles. The molecule has 0 unspecified atom stereocenters. The summed E-state index contributed by atoms with van der Waals surface area (Å²) in [6.07, 6.45) is 0. The first-order valence-electron chi connectivity index (χ1n) is 3.44. The summed E-state index contributed by atoms with van der Waals surface area (Å²) in [5, 5.41) is 0. The van der Waals surface area contributed by atoms with Crippen molar-refractivity contribution in [3.05, 3.63) is 11.3 Å². The molecule has 0 heterocycles. The lowest BCUT2D eigenvalue weighted by molar-refractivity contribution is -0.138. The summed E-state index contributed by atoms with van der Waals surface area (Å²) in [7, 11) is 0. The second-order valence-corrected chi connectivity index (χ2v) is 2.23. The Bertz CT molecular complexity index is 190. The molecule has 62 valence electrons. The molecular formula is C8H13NO2. The highest BCUT2D eigenvalue weighted by Crippen LogP contribution is 2.05. The van der Waals surface area contributed by atoms with Crippen LogP contribution in [-0.4, -0.2) is 19.3 Å². The van der Waals surface area contributed by atoms with Crippen molar-refractivity contribution in [3.63, 3.8) is 0 Å². The standard InChI is InChI=1S/C8H13NO2/c1-5-11-8(10)7(9-4)6(2)3/h4-5H2,1-3H3. The van der Waals surface area contributed by atoms with E-state index < -0.39 is 5.97 Å². The third-order valence-electron chi connectivity index (χ3n) is 1.10. The quantitative estimate of drug-likeness (QED) is 0.352. The Morgan fingerprint density at radius 2 is 2.09 bits per heavy atom. The second kappa shape index (κ2) is 4.66. The van der Waals surface area contributed by atoms with Crippen LogP contribution in [0.5, 0.6) is 0 Å². The molecule has 0 fully saturated rings. The molecule has 0 amide bonds. The van der Waals surface area contributed by atoms with E-state index in [0.29, 0.717) is 12.3 Å². The van der Waals surface area contributed by atoms with Crippen molar-refractivity contribution >= 4 is 12.7 Å². The van der Waals surface area contributed by atoms with Gasteiger partial charge in [-0.1, -0.05) is 0 Å². The Kier molecular flexibility index (Phi) is 4.18. The normalized spacial score (nSPS) is 8.64. The van der Waals surface area contributed by atoms with Gasteiger partial charge < -0.3 is 4.74 Å². The van der Waals surface area contributed by atoms with Crippen LogP contribution in [0, 0.1) is 0 Å². The molecule has 0 saturated heterocycles. The van der Waals surface area contributed by atoms with Crippen LogP contribution in [0.2, 0.25) is 0 Å². The first-order valence-corrected chi connectivity index (χ1v) is 3.44. The number of allylic oxidation sites excluding steroid dienone is 1. The predicted octanol–water partition coefficient (Wildman–Crippen LogP) is 1.54. The summed E-state index contributed by atoms with van der Waals surface area (Å²) in [5.41, 5.74) is 1.13. The number of esters is 1. The van der Waals surface area contributed by atoms with Crippen molar-refractivity contribution in [2.75, 3.05) is 6.61 Å². The van der Waals surface area contributed by atoms with Crippen LogP contribution in [0.25, 0.3) is 0 Å². The number of carbonyl (C=O) groups excluding carboxylic acids is 1. The smallest absolute Gasteiger partial charge is 0.356 e. The van der Waals surface area contributed by atoms with Gasteiger partial charge in [-0.3, -0.25) is 4.99 Å². The fourth-order valence-electron chi connectivity index (χ4n) is 0.626. The first-order chi connectivity index (χ1) is 5.13. The highest BCUT2D eigenvalue weighted by molar-refractivity contribution is 5.89. The van der Waals surface area contributed by atoms with Crippen LogP contribution in [0.3, 0.4) is 0 Å². The third kappa shape index (κ3) is 2.98.